The van der Waals surface area contributed by atoms with E-state index < -0.39 is 6.10 Å². The Hall–Kier alpha value is -1.33. The Morgan fingerprint density at radius 3 is 2.35 bits per heavy atom. The summed E-state index contributed by atoms with van der Waals surface area (Å²) in [5.74, 6) is 0.896. The van der Waals surface area contributed by atoms with E-state index in [9.17, 15) is 5.11 Å². The highest BCUT2D eigenvalue weighted by atomic mass is 32.2. The van der Waals surface area contributed by atoms with Crippen LogP contribution in [0.4, 0.5) is 0 Å². The summed E-state index contributed by atoms with van der Waals surface area (Å²) in [5, 5.41) is 18.4. The first-order valence-electron chi connectivity index (χ1n) is 5.40. The Labute approximate surface area is 105 Å². The topological polar surface area (TPSA) is 50.9 Å². The normalized spacial score (nSPS) is 12.7. The van der Waals surface area contributed by atoms with E-state index in [0.717, 1.165) is 21.4 Å². The monoisotopic (exact) mass is 249 g/mol. The molecule has 5 heteroatoms. The fourth-order valence-corrected chi connectivity index (χ4v) is 2.23. The van der Waals surface area contributed by atoms with Gasteiger partial charge in [0.1, 0.15) is 5.82 Å². The summed E-state index contributed by atoms with van der Waals surface area (Å²) in [6.07, 6.45) is -0.425. The molecule has 2 rings (SSSR count). The van der Waals surface area contributed by atoms with Gasteiger partial charge < -0.3 is 9.67 Å². The van der Waals surface area contributed by atoms with Crippen LogP contribution in [0.2, 0.25) is 0 Å². The molecule has 2 aromatic rings. The van der Waals surface area contributed by atoms with Crippen LogP contribution in [-0.2, 0) is 7.05 Å². The summed E-state index contributed by atoms with van der Waals surface area (Å²) in [4.78, 5) is 1.09. The predicted octanol–water partition coefficient (Wildman–Crippen LogP) is 2.33. The van der Waals surface area contributed by atoms with E-state index in [1.807, 2.05) is 42.8 Å². The molecular formula is C12H15N3OS. The fourth-order valence-electron chi connectivity index (χ4n) is 1.40. The molecule has 1 aromatic carbocycles. The molecule has 0 amide bonds. The van der Waals surface area contributed by atoms with Crippen LogP contribution in [0.15, 0.2) is 34.3 Å². The van der Waals surface area contributed by atoms with Crippen LogP contribution in [0.1, 0.15) is 24.4 Å². The summed E-state index contributed by atoms with van der Waals surface area (Å²) in [5.41, 5.74) is 0.920. The molecule has 1 aromatic heterocycles. The van der Waals surface area contributed by atoms with Gasteiger partial charge in [-0.2, -0.15) is 0 Å². The van der Waals surface area contributed by atoms with Crippen molar-refractivity contribution in [2.75, 3.05) is 0 Å². The van der Waals surface area contributed by atoms with Gasteiger partial charge >= 0.3 is 0 Å². The van der Waals surface area contributed by atoms with Crippen molar-refractivity contribution in [3.8, 4) is 0 Å². The SMILES string of the molecule is Cc1nnc(Sc2ccc([C@@H](C)O)cc2)n1C. The maximum Gasteiger partial charge on any atom is 0.195 e. The number of aromatic nitrogens is 3. The summed E-state index contributed by atoms with van der Waals surface area (Å²) in [6.45, 7) is 3.68. The highest BCUT2D eigenvalue weighted by Crippen LogP contribution is 2.27. The Balaban J connectivity index is 2.17. The average Bonchev–Trinajstić information content (AvgIpc) is 2.62. The minimum Gasteiger partial charge on any atom is -0.389 e. The lowest BCUT2D eigenvalue weighted by Crippen LogP contribution is -1.93. The molecule has 0 aliphatic heterocycles. The number of rotatable bonds is 3. The molecule has 1 heterocycles. The lowest BCUT2D eigenvalue weighted by molar-refractivity contribution is 0.199. The number of hydrogen-bond donors (Lipinski definition) is 1. The van der Waals surface area contributed by atoms with Gasteiger partial charge in [0.15, 0.2) is 5.16 Å². The van der Waals surface area contributed by atoms with Crippen LogP contribution in [0.25, 0.3) is 0 Å². The average molecular weight is 249 g/mol. The van der Waals surface area contributed by atoms with Crippen molar-refractivity contribution in [2.24, 2.45) is 7.05 Å². The van der Waals surface area contributed by atoms with Crippen LogP contribution >= 0.6 is 11.8 Å². The summed E-state index contributed by atoms with van der Waals surface area (Å²) in [7, 11) is 1.95. The molecule has 4 nitrogen and oxygen atoms in total. The molecule has 0 saturated heterocycles. The standard InChI is InChI=1S/C12H15N3OS/c1-8(16)10-4-6-11(7-5-10)17-12-14-13-9(2)15(12)3/h4-8,16H,1-3H3/t8-/m1/s1. The zero-order valence-electron chi connectivity index (χ0n) is 10.1. The maximum atomic E-state index is 9.42. The molecule has 1 N–H and O–H groups in total. The third-order valence-electron chi connectivity index (χ3n) is 2.62. The van der Waals surface area contributed by atoms with E-state index in [1.54, 1.807) is 18.7 Å². The van der Waals surface area contributed by atoms with Gasteiger partial charge in [-0.3, -0.25) is 0 Å². The van der Waals surface area contributed by atoms with Crippen molar-refractivity contribution in [3.63, 3.8) is 0 Å². The van der Waals surface area contributed by atoms with Crippen molar-refractivity contribution < 1.29 is 5.11 Å². The van der Waals surface area contributed by atoms with Gasteiger partial charge in [0.05, 0.1) is 6.10 Å². The van der Waals surface area contributed by atoms with Crippen molar-refractivity contribution in [1.82, 2.24) is 14.8 Å². The maximum absolute atomic E-state index is 9.42. The predicted molar refractivity (Wildman–Crippen MR) is 66.9 cm³/mol. The Bertz CT molecular complexity index is 505. The molecule has 0 spiro atoms. The summed E-state index contributed by atoms with van der Waals surface area (Å²) >= 11 is 1.56. The molecule has 0 fully saturated rings. The first kappa shape index (κ1) is 12.1. The first-order valence-corrected chi connectivity index (χ1v) is 6.21. The van der Waals surface area contributed by atoms with E-state index in [-0.39, 0.29) is 0 Å². The second-order valence-corrected chi connectivity index (χ2v) is 4.98. The smallest absolute Gasteiger partial charge is 0.195 e. The van der Waals surface area contributed by atoms with Gasteiger partial charge in [0, 0.05) is 11.9 Å². The van der Waals surface area contributed by atoms with Gasteiger partial charge in [-0.15, -0.1) is 10.2 Å². The van der Waals surface area contributed by atoms with E-state index in [0.29, 0.717) is 0 Å². The minimum absolute atomic E-state index is 0.425. The van der Waals surface area contributed by atoms with Gasteiger partial charge in [-0.1, -0.05) is 12.1 Å². The molecule has 0 aliphatic carbocycles. The first-order chi connectivity index (χ1) is 8.08. The van der Waals surface area contributed by atoms with Gasteiger partial charge in [0.25, 0.3) is 0 Å². The second-order valence-electron chi connectivity index (χ2n) is 3.94. The van der Waals surface area contributed by atoms with E-state index >= 15 is 0 Å². The molecule has 0 bridgehead atoms. The van der Waals surface area contributed by atoms with Crippen LogP contribution in [-0.4, -0.2) is 19.9 Å². The molecule has 0 saturated carbocycles. The lowest BCUT2D eigenvalue weighted by atomic mass is 10.1. The Morgan fingerprint density at radius 1 is 1.24 bits per heavy atom. The van der Waals surface area contributed by atoms with Gasteiger partial charge in [-0.25, -0.2) is 0 Å². The molecule has 17 heavy (non-hydrogen) atoms. The largest absolute Gasteiger partial charge is 0.389 e. The number of benzene rings is 1. The van der Waals surface area contributed by atoms with Crippen molar-refractivity contribution in [1.29, 1.82) is 0 Å². The molecule has 0 aliphatic rings. The van der Waals surface area contributed by atoms with Crippen molar-refractivity contribution in [3.05, 3.63) is 35.7 Å². The Kier molecular flexibility index (Phi) is 3.49. The van der Waals surface area contributed by atoms with E-state index in [4.69, 9.17) is 0 Å². The molecule has 90 valence electrons. The van der Waals surface area contributed by atoms with Gasteiger partial charge in [-0.05, 0) is 43.3 Å². The number of hydrogen-bond acceptors (Lipinski definition) is 4. The zero-order chi connectivity index (χ0) is 12.4. The van der Waals surface area contributed by atoms with Crippen LogP contribution in [0, 0.1) is 6.92 Å². The molecule has 0 unspecified atom stereocenters. The number of aliphatic hydroxyl groups is 1. The Morgan fingerprint density at radius 2 is 1.88 bits per heavy atom. The highest BCUT2D eigenvalue weighted by Gasteiger charge is 2.07. The van der Waals surface area contributed by atoms with Crippen LogP contribution in [0.3, 0.4) is 0 Å². The highest BCUT2D eigenvalue weighted by molar-refractivity contribution is 7.99. The third-order valence-corrected chi connectivity index (χ3v) is 3.67. The summed E-state index contributed by atoms with van der Waals surface area (Å²) in [6, 6.07) is 7.82. The second kappa shape index (κ2) is 4.89. The van der Waals surface area contributed by atoms with Gasteiger partial charge in [0.2, 0.25) is 0 Å². The van der Waals surface area contributed by atoms with Crippen LogP contribution < -0.4 is 0 Å². The number of aryl methyl sites for hydroxylation is 1. The third kappa shape index (κ3) is 2.68. The number of nitrogens with zero attached hydrogens (tertiary/aromatic N) is 3. The van der Waals surface area contributed by atoms with E-state index in [2.05, 4.69) is 10.2 Å². The molecular weight excluding hydrogens is 234 g/mol. The number of aliphatic hydroxyl groups excluding tert-OH is 1. The molecule has 0 radical (unpaired) electrons. The van der Waals surface area contributed by atoms with E-state index in [1.165, 1.54) is 0 Å². The lowest BCUT2D eigenvalue weighted by Gasteiger charge is -2.05. The quantitative estimate of drug-likeness (QED) is 0.907. The molecule has 1 atom stereocenters. The minimum atomic E-state index is -0.425. The van der Waals surface area contributed by atoms with Crippen molar-refractivity contribution in [2.45, 2.75) is 30.0 Å². The zero-order valence-corrected chi connectivity index (χ0v) is 10.9. The van der Waals surface area contributed by atoms with Crippen molar-refractivity contribution >= 4 is 11.8 Å². The summed E-state index contributed by atoms with van der Waals surface area (Å²) < 4.78 is 1.95. The fraction of sp³-hybridized carbons (Fsp3) is 0.333. The van der Waals surface area contributed by atoms with Crippen LogP contribution in [0.5, 0.6) is 0 Å².